The molecule has 0 saturated carbocycles. The Morgan fingerprint density at radius 2 is 1.94 bits per heavy atom. The van der Waals surface area contributed by atoms with Crippen LogP contribution in [0.3, 0.4) is 0 Å². The van der Waals surface area contributed by atoms with Crippen LogP contribution in [-0.2, 0) is 0 Å². The lowest BCUT2D eigenvalue weighted by Gasteiger charge is -2.08. The first-order valence-corrected chi connectivity index (χ1v) is 5.08. The molecule has 2 rings (SSSR count). The zero-order valence-corrected chi connectivity index (χ0v) is 9.60. The molecule has 0 radical (unpaired) electrons. The number of hydrogen-bond acceptors (Lipinski definition) is 5. The van der Waals surface area contributed by atoms with Gasteiger partial charge in [-0.2, -0.15) is 5.26 Å². The van der Waals surface area contributed by atoms with Crippen LogP contribution in [0.5, 0.6) is 0 Å². The molecule has 0 saturated heterocycles. The Bertz CT molecular complexity index is 613. The standard InChI is InChI=1S/C12H11N5/c1-7-8(2)12(14)17-16-11(7)10-3-9(4-13)5-15-6-10/h3,5-6H,1-2H3,(H2,14,17). The number of nitriles is 1. The van der Waals surface area contributed by atoms with Crippen molar-refractivity contribution in [2.75, 3.05) is 5.73 Å². The minimum atomic E-state index is 0.427. The van der Waals surface area contributed by atoms with Gasteiger partial charge in [0.1, 0.15) is 11.9 Å². The topological polar surface area (TPSA) is 88.5 Å². The van der Waals surface area contributed by atoms with E-state index < -0.39 is 0 Å². The van der Waals surface area contributed by atoms with Crippen LogP contribution >= 0.6 is 0 Å². The van der Waals surface area contributed by atoms with E-state index >= 15 is 0 Å². The summed E-state index contributed by atoms with van der Waals surface area (Å²) < 4.78 is 0. The number of anilines is 1. The SMILES string of the molecule is Cc1c(N)nnc(-c2cncc(C#N)c2)c1C. The van der Waals surface area contributed by atoms with Crippen LogP contribution in [-0.4, -0.2) is 15.2 Å². The molecule has 2 heterocycles. The quantitative estimate of drug-likeness (QED) is 0.796. The molecule has 0 aliphatic carbocycles. The average molecular weight is 225 g/mol. The Balaban J connectivity index is 2.61. The molecule has 2 aromatic rings. The normalized spacial score (nSPS) is 9.94. The van der Waals surface area contributed by atoms with E-state index in [9.17, 15) is 0 Å². The molecule has 0 unspecified atom stereocenters. The minimum absolute atomic E-state index is 0.427. The lowest BCUT2D eigenvalue weighted by atomic mass is 10.0. The highest BCUT2D eigenvalue weighted by atomic mass is 15.1. The smallest absolute Gasteiger partial charge is 0.149 e. The monoisotopic (exact) mass is 225 g/mol. The highest BCUT2D eigenvalue weighted by Crippen LogP contribution is 2.24. The first kappa shape index (κ1) is 11.0. The second-order valence-electron chi connectivity index (χ2n) is 3.76. The van der Waals surface area contributed by atoms with Crippen molar-refractivity contribution in [1.82, 2.24) is 15.2 Å². The second-order valence-corrected chi connectivity index (χ2v) is 3.76. The molecule has 84 valence electrons. The van der Waals surface area contributed by atoms with Crippen molar-refractivity contribution >= 4 is 5.82 Å². The van der Waals surface area contributed by atoms with Gasteiger partial charge in [-0.25, -0.2) is 0 Å². The predicted octanol–water partition coefficient (Wildman–Crippen LogP) is 1.61. The Morgan fingerprint density at radius 1 is 1.18 bits per heavy atom. The molecule has 17 heavy (non-hydrogen) atoms. The molecule has 5 heteroatoms. The highest BCUT2D eigenvalue weighted by molar-refractivity contribution is 5.66. The Hall–Kier alpha value is -2.48. The van der Waals surface area contributed by atoms with Gasteiger partial charge < -0.3 is 5.73 Å². The van der Waals surface area contributed by atoms with Gasteiger partial charge in [0.2, 0.25) is 0 Å². The van der Waals surface area contributed by atoms with E-state index in [1.807, 2.05) is 19.9 Å². The number of hydrogen-bond donors (Lipinski definition) is 1. The van der Waals surface area contributed by atoms with Crippen LogP contribution in [0.1, 0.15) is 16.7 Å². The van der Waals surface area contributed by atoms with Gasteiger partial charge in [0.15, 0.2) is 0 Å². The highest BCUT2D eigenvalue weighted by Gasteiger charge is 2.10. The first-order chi connectivity index (χ1) is 8.13. The number of nitrogens with zero attached hydrogens (tertiary/aromatic N) is 4. The summed E-state index contributed by atoms with van der Waals surface area (Å²) in [7, 11) is 0. The Kier molecular flexibility index (Phi) is 2.71. The van der Waals surface area contributed by atoms with E-state index in [2.05, 4.69) is 15.2 Å². The van der Waals surface area contributed by atoms with Crippen molar-refractivity contribution in [2.45, 2.75) is 13.8 Å². The third-order valence-electron chi connectivity index (χ3n) is 2.70. The number of nitrogens with two attached hydrogens (primary N) is 1. The van der Waals surface area contributed by atoms with Gasteiger partial charge >= 0.3 is 0 Å². The van der Waals surface area contributed by atoms with E-state index in [0.29, 0.717) is 17.1 Å². The molecule has 0 bridgehead atoms. The third kappa shape index (κ3) is 1.93. The summed E-state index contributed by atoms with van der Waals surface area (Å²) >= 11 is 0. The summed E-state index contributed by atoms with van der Waals surface area (Å²) in [6, 6.07) is 3.78. The van der Waals surface area contributed by atoms with Gasteiger partial charge in [-0.1, -0.05) is 0 Å². The van der Waals surface area contributed by atoms with Crippen LogP contribution in [0.25, 0.3) is 11.3 Å². The Morgan fingerprint density at radius 3 is 2.65 bits per heavy atom. The lowest BCUT2D eigenvalue weighted by Crippen LogP contribution is -2.02. The molecular weight excluding hydrogens is 214 g/mol. The van der Waals surface area contributed by atoms with E-state index in [1.54, 1.807) is 12.3 Å². The molecule has 0 aromatic carbocycles. The summed E-state index contributed by atoms with van der Waals surface area (Å²) in [4.78, 5) is 4.00. The number of rotatable bonds is 1. The molecule has 0 aliphatic heterocycles. The molecule has 0 atom stereocenters. The number of aromatic nitrogens is 3. The van der Waals surface area contributed by atoms with Crippen LogP contribution in [0, 0.1) is 25.2 Å². The van der Waals surface area contributed by atoms with Crippen molar-refractivity contribution in [1.29, 1.82) is 5.26 Å². The zero-order valence-electron chi connectivity index (χ0n) is 9.60. The van der Waals surface area contributed by atoms with Crippen molar-refractivity contribution in [2.24, 2.45) is 0 Å². The minimum Gasteiger partial charge on any atom is -0.382 e. The molecule has 0 fully saturated rings. The van der Waals surface area contributed by atoms with Gasteiger partial charge in [-0.3, -0.25) is 4.98 Å². The maximum Gasteiger partial charge on any atom is 0.149 e. The molecule has 0 spiro atoms. The van der Waals surface area contributed by atoms with Gasteiger partial charge in [0, 0.05) is 18.0 Å². The molecule has 0 aliphatic rings. The van der Waals surface area contributed by atoms with Crippen molar-refractivity contribution in [3.8, 4) is 17.3 Å². The Labute approximate surface area is 98.9 Å². The molecule has 2 aromatic heterocycles. The second kappa shape index (κ2) is 4.18. The first-order valence-electron chi connectivity index (χ1n) is 5.08. The van der Waals surface area contributed by atoms with Crippen molar-refractivity contribution in [3.63, 3.8) is 0 Å². The fourth-order valence-electron chi connectivity index (χ4n) is 1.53. The van der Waals surface area contributed by atoms with Crippen molar-refractivity contribution in [3.05, 3.63) is 35.2 Å². The summed E-state index contributed by atoms with van der Waals surface area (Å²) in [6.07, 6.45) is 3.17. The maximum absolute atomic E-state index is 8.83. The zero-order chi connectivity index (χ0) is 12.4. The fourth-order valence-corrected chi connectivity index (χ4v) is 1.53. The lowest BCUT2D eigenvalue weighted by molar-refractivity contribution is 1.01. The largest absolute Gasteiger partial charge is 0.382 e. The summed E-state index contributed by atoms with van der Waals surface area (Å²) in [5.41, 5.74) is 9.52. The molecule has 2 N–H and O–H groups in total. The van der Waals surface area contributed by atoms with Crippen LogP contribution in [0.2, 0.25) is 0 Å². The molecule has 0 amide bonds. The van der Waals surface area contributed by atoms with Gasteiger partial charge in [0.25, 0.3) is 0 Å². The fraction of sp³-hybridized carbons (Fsp3) is 0.167. The third-order valence-corrected chi connectivity index (χ3v) is 2.70. The molecule has 5 nitrogen and oxygen atoms in total. The van der Waals surface area contributed by atoms with E-state index in [4.69, 9.17) is 11.0 Å². The maximum atomic E-state index is 8.83. The number of nitrogen functional groups attached to an aromatic ring is 1. The summed E-state index contributed by atoms with van der Waals surface area (Å²) in [5, 5.41) is 16.8. The predicted molar refractivity (Wildman–Crippen MR) is 63.9 cm³/mol. The summed E-state index contributed by atoms with van der Waals surface area (Å²) in [6.45, 7) is 3.82. The average Bonchev–Trinajstić information content (AvgIpc) is 2.36. The molecular formula is C12H11N5. The van der Waals surface area contributed by atoms with Gasteiger partial charge in [-0.05, 0) is 31.0 Å². The van der Waals surface area contributed by atoms with Crippen LogP contribution in [0.15, 0.2) is 18.5 Å². The summed E-state index contributed by atoms with van der Waals surface area (Å²) in [5.74, 6) is 0.427. The van der Waals surface area contributed by atoms with E-state index in [-0.39, 0.29) is 0 Å². The van der Waals surface area contributed by atoms with Gasteiger partial charge in [-0.15, -0.1) is 10.2 Å². The van der Waals surface area contributed by atoms with Crippen LogP contribution in [0.4, 0.5) is 5.82 Å². The number of pyridine rings is 1. The van der Waals surface area contributed by atoms with Crippen molar-refractivity contribution < 1.29 is 0 Å². The van der Waals surface area contributed by atoms with E-state index in [1.165, 1.54) is 6.20 Å². The van der Waals surface area contributed by atoms with Gasteiger partial charge in [0.05, 0.1) is 11.3 Å². The van der Waals surface area contributed by atoms with Crippen LogP contribution < -0.4 is 5.73 Å². The van der Waals surface area contributed by atoms with E-state index in [0.717, 1.165) is 16.7 Å².